The number of rotatable bonds is 6. The van der Waals surface area contributed by atoms with Crippen molar-refractivity contribution in [2.45, 2.75) is 63.8 Å². The van der Waals surface area contributed by atoms with E-state index < -0.39 is 37.5 Å². The summed E-state index contributed by atoms with van der Waals surface area (Å²) < 4.78 is 14.2. The molecule has 0 amide bonds. The van der Waals surface area contributed by atoms with E-state index in [4.69, 9.17) is 9.16 Å². The first-order chi connectivity index (χ1) is 12.9. The third kappa shape index (κ3) is 4.00. The smallest absolute Gasteiger partial charge is 0.330 e. The molecule has 28 heavy (non-hydrogen) atoms. The summed E-state index contributed by atoms with van der Waals surface area (Å²) in [4.78, 5) is 26.1. The number of H-pyrrole nitrogens is 1. The van der Waals surface area contributed by atoms with E-state index in [1.54, 1.807) is 6.08 Å². The van der Waals surface area contributed by atoms with E-state index in [1.165, 1.54) is 16.8 Å². The molecule has 7 nitrogen and oxygen atoms in total. The van der Waals surface area contributed by atoms with E-state index in [0.717, 1.165) is 0 Å². The molecule has 1 saturated heterocycles. The molecular weight excluding hydrogens is 376 g/mol. The Morgan fingerprint density at radius 2 is 2.07 bits per heavy atom. The van der Waals surface area contributed by atoms with Crippen molar-refractivity contribution in [3.05, 3.63) is 57.9 Å². The number of hydrogen-bond acceptors (Lipinski definition) is 5. The molecule has 2 heterocycles. The van der Waals surface area contributed by atoms with Crippen molar-refractivity contribution in [1.82, 2.24) is 9.55 Å². The number of aliphatic hydroxyl groups is 1. The van der Waals surface area contributed by atoms with E-state index in [-0.39, 0.29) is 17.6 Å². The number of aromatic nitrogens is 2. The average molecular weight is 409 g/mol. The van der Waals surface area contributed by atoms with Gasteiger partial charge in [-0.3, -0.25) is 14.3 Å². The van der Waals surface area contributed by atoms with Crippen molar-refractivity contribution in [3.63, 3.8) is 0 Å². The van der Waals surface area contributed by atoms with Crippen LogP contribution >= 0.6 is 0 Å². The zero-order valence-corrected chi connectivity index (χ0v) is 18.6. The predicted octanol–water partition coefficient (Wildman–Crippen LogP) is 2.57. The molecule has 0 spiro atoms. The van der Waals surface area contributed by atoms with Gasteiger partial charge in [0.05, 0.1) is 18.6 Å². The van der Waals surface area contributed by atoms with Crippen LogP contribution in [0.1, 0.15) is 33.9 Å². The highest BCUT2D eigenvalue weighted by molar-refractivity contribution is 6.74. The third-order valence-corrected chi connectivity index (χ3v) is 10.3. The summed E-state index contributed by atoms with van der Waals surface area (Å²) in [5.74, 6) is -0.354. The molecule has 1 aliphatic heterocycles. The predicted molar refractivity (Wildman–Crippen MR) is 112 cm³/mol. The van der Waals surface area contributed by atoms with Crippen LogP contribution in [0.25, 0.3) is 0 Å². The van der Waals surface area contributed by atoms with E-state index in [1.807, 2.05) is 19.1 Å². The fraction of sp³-hybridized carbons (Fsp3) is 0.600. The fourth-order valence-corrected chi connectivity index (χ4v) is 4.51. The monoisotopic (exact) mass is 408 g/mol. The van der Waals surface area contributed by atoms with E-state index >= 15 is 0 Å². The second-order valence-electron chi connectivity index (χ2n) is 8.74. The lowest BCUT2D eigenvalue weighted by Crippen LogP contribution is -2.53. The highest BCUT2D eigenvalue weighted by atomic mass is 28.4. The Kier molecular flexibility index (Phi) is 6.39. The normalized spacial score (nSPS) is 28.8. The van der Waals surface area contributed by atoms with E-state index in [0.29, 0.717) is 0 Å². The largest absolute Gasteiger partial charge is 0.410 e. The summed E-state index contributed by atoms with van der Waals surface area (Å²) in [6.07, 6.45) is 5.47. The van der Waals surface area contributed by atoms with Crippen LogP contribution in [0.4, 0.5) is 0 Å². The van der Waals surface area contributed by atoms with Crippen LogP contribution in [0.5, 0.6) is 0 Å². The SMILES string of the molecule is C=C[C@]1(CO)O[C@@H](n2ccc(=O)[nH]c2=O)[C@H](/C=C\C)[C@@H]1O[Si](C)(C)C(C)(C)C. The third-order valence-electron chi connectivity index (χ3n) is 5.86. The molecule has 1 aromatic heterocycles. The summed E-state index contributed by atoms with van der Waals surface area (Å²) in [5.41, 5.74) is -2.22. The van der Waals surface area contributed by atoms with Crippen molar-refractivity contribution in [3.8, 4) is 0 Å². The van der Waals surface area contributed by atoms with Gasteiger partial charge in [-0.1, -0.05) is 39.0 Å². The molecule has 0 saturated carbocycles. The number of hydrogen-bond donors (Lipinski definition) is 2. The van der Waals surface area contributed by atoms with Gasteiger partial charge >= 0.3 is 5.69 Å². The average Bonchev–Trinajstić information content (AvgIpc) is 2.88. The minimum absolute atomic E-state index is 0.0528. The van der Waals surface area contributed by atoms with Gasteiger partial charge in [-0.2, -0.15) is 0 Å². The lowest BCUT2D eigenvalue weighted by Gasteiger charge is -2.42. The van der Waals surface area contributed by atoms with Crippen molar-refractivity contribution in [2.24, 2.45) is 5.92 Å². The minimum atomic E-state index is -2.23. The van der Waals surface area contributed by atoms with Crippen molar-refractivity contribution in [2.75, 3.05) is 6.61 Å². The maximum absolute atomic E-state index is 12.4. The maximum Gasteiger partial charge on any atom is 0.330 e. The zero-order valence-electron chi connectivity index (χ0n) is 17.6. The molecular formula is C20H32N2O5Si. The highest BCUT2D eigenvalue weighted by Crippen LogP contribution is 2.48. The van der Waals surface area contributed by atoms with E-state index in [2.05, 4.69) is 45.4 Å². The molecule has 1 aromatic rings. The molecule has 8 heteroatoms. The molecule has 0 unspecified atom stereocenters. The molecule has 0 aliphatic carbocycles. The van der Waals surface area contributed by atoms with Crippen molar-refractivity contribution < 1.29 is 14.3 Å². The molecule has 2 N–H and O–H groups in total. The molecule has 0 aromatic carbocycles. The Balaban J connectivity index is 2.61. The summed E-state index contributed by atoms with van der Waals surface area (Å²) in [6, 6.07) is 1.27. The highest BCUT2D eigenvalue weighted by Gasteiger charge is 2.56. The Hall–Kier alpha value is -1.74. The molecule has 0 bridgehead atoms. The Morgan fingerprint density at radius 3 is 2.54 bits per heavy atom. The van der Waals surface area contributed by atoms with Crippen LogP contribution < -0.4 is 11.2 Å². The Morgan fingerprint density at radius 1 is 1.43 bits per heavy atom. The number of allylic oxidation sites excluding steroid dienone is 1. The van der Waals surface area contributed by atoms with Gasteiger partial charge in [0.2, 0.25) is 0 Å². The molecule has 1 aliphatic rings. The second-order valence-corrected chi connectivity index (χ2v) is 13.5. The van der Waals surface area contributed by atoms with E-state index in [9.17, 15) is 14.7 Å². The number of nitrogens with zero attached hydrogens (tertiary/aromatic N) is 1. The minimum Gasteiger partial charge on any atom is -0.410 e. The first kappa shape index (κ1) is 22.5. The number of ether oxygens (including phenoxy) is 1. The number of nitrogens with one attached hydrogen (secondary N) is 1. The van der Waals surface area contributed by atoms with Crippen molar-refractivity contribution in [1.29, 1.82) is 0 Å². The first-order valence-corrected chi connectivity index (χ1v) is 12.4. The van der Waals surface area contributed by atoms with Gasteiger partial charge in [-0.15, -0.1) is 6.58 Å². The van der Waals surface area contributed by atoms with Gasteiger partial charge in [0, 0.05) is 12.3 Å². The van der Waals surface area contributed by atoms with Crippen LogP contribution in [0.15, 0.2) is 46.7 Å². The maximum atomic E-state index is 12.4. The summed E-state index contributed by atoms with van der Waals surface area (Å²) >= 11 is 0. The standard InChI is InChI=1S/C20H32N2O5Si/c1-8-10-14-16(27-28(6,7)19(3,4)5)20(9-2,13-23)26-17(14)22-12-11-15(24)21-18(22)25/h8-12,14,16-17,23H,2,13H2,1,3-7H3,(H,21,24,25)/b10-8-/t14-,16+,17-,20-/m1/s1. The summed E-state index contributed by atoms with van der Waals surface area (Å²) in [5, 5.41) is 10.2. The van der Waals surface area contributed by atoms with Crippen LogP contribution in [0, 0.1) is 5.92 Å². The van der Waals surface area contributed by atoms with Crippen LogP contribution in [-0.2, 0) is 9.16 Å². The number of aromatic amines is 1. The Bertz CT molecular complexity index is 851. The van der Waals surface area contributed by atoms with Crippen LogP contribution in [0.2, 0.25) is 18.1 Å². The number of aliphatic hydroxyl groups excluding tert-OH is 1. The van der Waals surface area contributed by atoms with Gasteiger partial charge in [0.1, 0.15) is 11.8 Å². The zero-order chi connectivity index (χ0) is 21.3. The lowest BCUT2D eigenvalue weighted by molar-refractivity contribution is -0.0954. The Labute approximate surface area is 166 Å². The second kappa shape index (κ2) is 7.94. The topological polar surface area (TPSA) is 93.5 Å². The first-order valence-electron chi connectivity index (χ1n) is 9.47. The quantitative estimate of drug-likeness (QED) is 0.557. The molecule has 4 atom stereocenters. The van der Waals surface area contributed by atoms with Gasteiger partial charge in [0.25, 0.3) is 5.56 Å². The van der Waals surface area contributed by atoms with Crippen LogP contribution in [0.3, 0.4) is 0 Å². The van der Waals surface area contributed by atoms with Crippen molar-refractivity contribution >= 4 is 8.32 Å². The molecule has 2 rings (SSSR count). The van der Waals surface area contributed by atoms with Gasteiger partial charge in [0.15, 0.2) is 8.32 Å². The lowest BCUT2D eigenvalue weighted by atomic mass is 9.90. The van der Waals surface area contributed by atoms with Gasteiger partial charge < -0.3 is 14.3 Å². The van der Waals surface area contributed by atoms with Crippen LogP contribution in [-0.4, -0.2) is 41.3 Å². The summed E-state index contributed by atoms with van der Waals surface area (Å²) in [6.45, 7) is 16.1. The molecule has 1 fully saturated rings. The van der Waals surface area contributed by atoms with Gasteiger partial charge in [-0.25, -0.2) is 4.79 Å². The molecule has 156 valence electrons. The van der Waals surface area contributed by atoms with Gasteiger partial charge in [-0.05, 0) is 25.1 Å². The molecule has 0 radical (unpaired) electrons. The fourth-order valence-electron chi connectivity index (χ4n) is 3.16. The summed E-state index contributed by atoms with van der Waals surface area (Å²) in [7, 11) is -2.23.